The average molecular weight is 566 g/mol. The van der Waals surface area contributed by atoms with Gasteiger partial charge in [-0.1, -0.05) is 12.1 Å². The van der Waals surface area contributed by atoms with E-state index in [2.05, 4.69) is 48.6 Å². The summed E-state index contributed by atoms with van der Waals surface area (Å²) >= 11 is 0. The summed E-state index contributed by atoms with van der Waals surface area (Å²) in [4.78, 5) is 4.78. The van der Waals surface area contributed by atoms with Gasteiger partial charge in [-0.15, -0.1) is 24.0 Å². The lowest BCUT2D eigenvalue weighted by Gasteiger charge is -2.19. The first-order chi connectivity index (χ1) is 15.5. The largest absolute Gasteiger partial charge is 0.497 e. The molecule has 2 heterocycles. The van der Waals surface area contributed by atoms with Crippen molar-refractivity contribution in [3.63, 3.8) is 0 Å². The number of halogens is 1. The standard InChI is InChI=1S/C25H35N5O2.HI/c1-18(17-24-19(2)29-30(4)20(24)3)28-25(27-15-13-23-7-6-16-32-23)26-14-12-21-8-10-22(31-5)11-9-21;/h6-11,16,18H,12-15,17H2,1-5H3,(H2,26,27,28);1H. The molecule has 3 aromatic rings. The zero-order valence-corrected chi connectivity index (χ0v) is 22.6. The molecular weight excluding hydrogens is 529 g/mol. The Kier molecular flexibility index (Phi) is 10.8. The second-order valence-electron chi connectivity index (χ2n) is 8.11. The molecule has 2 N–H and O–H groups in total. The first-order valence-electron chi connectivity index (χ1n) is 11.2. The molecule has 0 spiro atoms. The molecule has 3 rings (SSSR count). The molecule has 0 amide bonds. The molecule has 0 aliphatic heterocycles. The SMILES string of the molecule is COc1ccc(CCNC(=NCCc2ccco2)NC(C)Cc2c(C)nn(C)c2C)cc1.I. The predicted molar refractivity (Wildman–Crippen MR) is 144 cm³/mol. The number of furan rings is 1. The summed E-state index contributed by atoms with van der Waals surface area (Å²) in [7, 11) is 3.68. The van der Waals surface area contributed by atoms with Crippen molar-refractivity contribution in [2.75, 3.05) is 20.2 Å². The number of hydrogen-bond donors (Lipinski definition) is 2. The summed E-state index contributed by atoms with van der Waals surface area (Å²) in [6.45, 7) is 7.81. The van der Waals surface area contributed by atoms with Crippen molar-refractivity contribution >= 4 is 29.9 Å². The topological polar surface area (TPSA) is 76.6 Å². The van der Waals surface area contributed by atoms with E-state index in [1.54, 1.807) is 13.4 Å². The van der Waals surface area contributed by atoms with E-state index in [0.717, 1.165) is 49.0 Å². The normalized spacial score (nSPS) is 12.2. The first kappa shape index (κ1) is 26.8. The van der Waals surface area contributed by atoms with Crippen molar-refractivity contribution in [2.24, 2.45) is 12.0 Å². The van der Waals surface area contributed by atoms with Crippen molar-refractivity contribution < 1.29 is 9.15 Å². The number of hydrogen-bond acceptors (Lipinski definition) is 4. The number of aromatic nitrogens is 2. The number of nitrogens with zero attached hydrogens (tertiary/aromatic N) is 3. The highest BCUT2D eigenvalue weighted by molar-refractivity contribution is 14.0. The Labute approximate surface area is 214 Å². The van der Waals surface area contributed by atoms with E-state index in [1.165, 1.54) is 16.8 Å². The lowest BCUT2D eigenvalue weighted by molar-refractivity contribution is 0.414. The van der Waals surface area contributed by atoms with Gasteiger partial charge in [-0.2, -0.15) is 5.10 Å². The zero-order valence-electron chi connectivity index (χ0n) is 20.2. The van der Waals surface area contributed by atoms with E-state index in [4.69, 9.17) is 14.1 Å². The molecule has 1 aromatic carbocycles. The van der Waals surface area contributed by atoms with E-state index in [0.29, 0.717) is 6.54 Å². The van der Waals surface area contributed by atoms with Crippen molar-refractivity contribution in [3.8, 4) is 5.75 Å². The summed E-state index contributed by atoms with van der Waals surface area (Å²) in [5.41, 5.74) is 4.84. The maximum Gasteiger partial charge on any atom is 0.191 e. The monoisotopic (exact) mass is 565 g/mol. The molecule has 8 heteroatoms. The first-order valence-corrected chi connectivity index (χ1v) is 11.2. The molecule has 180 valence electrons. The molecule has 0 bridgehead atoms. The number of rotatable bonds is 10. The summed E-state index contributed by atoms with van der Waals surface area (Å²) < 4.78 is 12.6. The highest BCUT2D eigenvalue weighted by atomic mass is 127. The third-order valence-corrected chi connectivity index (χ3v) is 5.63. The van der Waals surface area contributed by atoms with Gasteiger partial charge in [-0.3, -0.25) is 9.67 Å². The third-order valence-electron chi connectivity index (χ3n) is 5.63. The van der Waals surface area contributed by atoms with Crippen LogP contribution in [0.5, 0.6) is 5.75 Å². The van der Waals surface area contributed by atoms with Crippen LogP contribution in [0.2, 0.25) is 0 Å². The zero-order chi connectivity index (χ0) is 22.9. The number of aryl methyl sites for hydroxylation is 2. The molecule has 1 unspecified atom stereocenters. The van der Waals surface area contributed by atoms with Crippen molar-refractivity contribution in [1.29, 1.82) is 0 Å². The van der Waals surface area contributed by atoms with Crippen LogP contribution >= 0.6 is 24.0 Å². The van der Waals surface area contributed by atoms with Gasteiger partial charge in [0.15, 0.2) is 5.96 Å². The van der Waals surface area contributed by atoms with E-state index in [-0.39, 0.29) is 30.0 Å². The Bertz CT molecular complexity index is 997. The van der Waals surface area contributed by atoms with Gasteiger partial charge in [0.05, 0.1) is 19.1 Å². The molecule has 7 nitrogen and oxygen atoms in total. The molecule has 1 atom stereocenters. The summed E-state index contributed by atoms with van der Waals surface area (Å²) in [5, 5.41) is 11.6. The second-order valence-corrected chi connectivity index (χ2v) is 8.11. The lowest BCUT2D eigenvalue weighted by atomic mass is 10.1. The number of guanidine groups is 1. The third kappa shape index (κ3) is 8.10. The lowest BCUT2D eigenvalue weighted by Crippen LogP contribution is -2.44. The van der Waals surface area contributed by atoms with Gasteiger partial charge in [0.1, 0.15) is 11.5 Å². The van der Waals surface area contributed by atoms with Crippen molar-refractivity contribution in [2.45, 2.75) is 46.1 Å². The van der Waals surface area contributed by atoms with Crippen LogP contribution < -0.4 is 15.4 Å². The second kappa shape index (κ2) is 13.3. The highest BCUT2D eigenvalue weighted by Crippen LogP contribution is 2.14. The van der Waals surface area contributed by atoms with E-state index < -0.39 is 0 Å². The van der Waals surface area contributed by atoms with Crippen LogP contribution in [-0.4, -0.2) is 42.0 Å². The Morgan fingerprint density at radius 2 is 1.94 bits per heavy atom. The molecule has 0 radical (unpaired) electrons. The van der Waals surface area contributed by atoms with Crippen LogP contribution in [0.3, 0.4) is 0 Å². The molecule has 0 aliphatic carbocycles. The van der Waals surface area contributed by atoms with Gasteiger partial charge in [-0.05, 0) is 69.0 Å². The van der Waals surface area contributed by atoms with Crippen LogP contribution in [0.15, 0.2) is 52.1 Å². The number of benzene rings is 1. The van der Waals surface area contributed by atoms with E-state index in [1.807, 2.05) is 36.0 Å². The molecule has 2 aromatic heterocycles. The highest BCUT2D eigenvalue weighted by Gasteiger charge is 2.14. The maximum absolute atomic E-state index is 5.43. The molecule has 33 heavy (non-hydrogen) atoms. The smallest absolute Gasteiger partial charge is 0.191 e. The fraction of sp³-hybridized carbons (Fsp3) is 0.440. The quantitative estimate of drug-likeness (QED) is 0.219. The number of aliphatic imine (C=N–C) groups is 1. The van der Waals surface area contributed by atoms with Crippen molar-refractivity contribution in [1.82, 2.24) is 20.4 Å². The Hall–Kier alpha value is -2.49. The predicted octanol–water partition coefficient (Wildman–Crippen LogP) is 4.21. The Morgan fingerprint density at radius 1 is 1.18 bits per heavy atom. The Balaban J connectivity index is 0.00000385. The summed E-state index contributed by atoms with van der Waals surface area (Å²) in [5.74, 6) is 2.64. The molecule has 0 fully saturated rings. The molecule has 0 saturated carbocycles. The van der Waals surface area contributed by atoms with Crippen LogP contribution in [0.25, 0.3) is 0 Å². The van der Waals surface area contributed by atoms with Gasteiger partial charge in [-0.25, -0.2) is 0 Å². The fourth-order valence-corrected chi connectivity index (χ4v) is 3.71. The summed E-state index contributed by atoms with van der Waals surface area (Å²) in [6, 6.07) is 12.3. The van der Waals surface area contributed by atoms with Gasteiger partial charge in [0.25, 0.3) is 0 Å². The average Bonchev–Trinajstić information content (AvgIpc) is 3.38. The fourth-order valence-electron chi connectivity index (χ4n) is 3.71. The van der Waals surface area contributed by atoms with Crippen LogP contribution in [0.4, 0.5) is 0 Å². The van der Waals surface area contributed by atoms with Crippen LogP contribution in [0, 0.1) is 13.8 Å². The van der Waals surface area contributed by atoms with Crippen molar-refractivity contribution in [3.05, 3.63) is 70.9 Å². The van der Waals surface area contributed by atoms with Crippen LogP contribution in [0.1, 0.15) is 35.2 Å². The minimum Gasteiger partial charge on any atom is -0.497 e. The van der Waals surface area contributed by atoms with E-state index >= 15 is 0 Å². The molecular formula is C25H36IN5O2. The van der Waals surface area contributed by atoms with Gasteiger partial charge in [0, 0.05) is 38.3 Å². The minimum absolute atomic E-state index is 0. The minimum atomic E-state index is 0. The maximum atomic E-state index is 5.43. The number of nitrogens with one attached hydrogen (secondary N) is 2. The summed E-state index contributed by atoms with van der Waals surface area (Å²) in [6.07, 6.45) is 4.26. The molecule has 0 aliphatic rings. The van der Waals surface area contributed by atoms with Crippen LogP contribution in [-0.2, 0) is 26.3 Å². The number of ether oxygens (including phenoxy) is 1. The van der Waals surface area contributed by atoms with Gasteiger partial charge >= 0.3 is 0 Å². The molecule has 0 saturated heterocycles. The van der Waals surface area contributed by atoms with Gasteiger partial charge in [0.2, 0.25) is 0 Å². The van der Waals surface area contributed by atoms with Gasteiger partial charge < -0.3 is 19.8 Å². The Morgan fingerprint density at radius 3 is 2.55 bits per heavy atom. The van der Waals surface area contributed by atoms with E-state index in [9.17, 15) is 0 Å². The number of methoxy groups -OCH3 is 1.